The molecule has 0 aliphatic carbocycles. The molecule has 3 heteroatoms. The summed E-state index contributed by atoms with van der Waals surface area (Å²) in [5.41, 5.74) is 1.34. The maximum Gasteiger partial charge on any atom is 0.128 e. The van der Waals surface area contributed by atoms with Crippen molar-refractivity contribution >= 4 is 5.82 Å². The van der Waals surface area contributed by atoms with Crippen molar-refractivity contribution in [1.29, 1.82) is 0 Å². The van der Waals surface area contributed by atoms with Gasteiger partial charge in [-0.3, -0.25) is 0 Å². The fourth-order valence-corrected chi connectivity index (χ4v) is 2.50. The number of ether oxygens (including phenoxy) is 1. The van der Waals surface area contributed by atoms with Gasteiger partial charge in [0.15, 0.2) is 0 Å². The van der Waals surface area contributed by atoms with Crippen LogP contribution >= 0.6 is 0 Å². The summed E-state index contributed by atoms with van der Waals surface area (Å²) >= 11 is 0. The van der Waals surface area contributed by atoms with Gasteiger partial charge in [0.1, 0.15) is 5.82 Å². The van der Waals surface area contributed by atoms with Crippen molar-refractivity contribution in [2.24, 2.45) is 0 Å². The topological polar surface area (TPSA) is 25.4 Å². The van der Waals surface area contributed by atoms with E-state index in [1.165, 1.54) is 18.4 Å². The molecule has 1 aromatic rings. The highest BCUT2D eigenvalue weighted by Gasteiger charge is 2.22. The van der Waals surface area contributed by atoms with Crippen LogP contribution in [0, 0.1) is 0 Å². The van der Waals surface area contributed by atoms with E-state index in [9.17, 15) is 0 Å². The first-order valence-electron chi connectivity index (χ1n) is 7.04. The van der Waals surface area contributed by atoms with Gasteiger partial charge in [-0.1, -0.05) is 19.4 Å². The van der Waals surface area contributed by atoms with Crippen LogP contribution < -0.4 is 4.90 Å². The van der Waals surface area contributed by atoms with Gasteiger partial charge in [-0.2, -0.15) is 0 Å². The first kappa shape index (κ1) is 13.3. The number of anilines is 1. The molecule has 0 N–H and O–H groups in total. The minimum Gasteiger partial charge on any atom is -0.372 e. The van der Waals surface area contributed by atoms with E-state index in [4.69, 9.17) is 4.74 Å². The number of aryl methyl sites for hydroxylation is 1. The summed E-state index contributed by atoms with van der Waals surface area (Å²) in [6.07, 6.45) is 6.22. The standard InChI is InChI=1S/C15H24N2O/c1-4-5-6-14-7-8-15(16-9-14)17-10-12(2)18-13(3)11-17/h7-9,12-13H,4-6,10-11H2,1-3H3. The molecule has 100 valence electrons. The molecule has 3 nitrogen and oxygen atoms in total. The molecule has 2 heterocycles. The van der Waals surface area contributed by atoms with Crippen LogP contribution in [0.2, 0.25) is 0 Å². The smallest absolute Gasteiger partial charge is 0.128 e. The molecule has 1 saturated heterocycles. The average Bonchev–Trinajstić information content (AvgIpc) is 2.36. The van der Waals surface area contributed by atoms with Crippen LogP contribution in [0.15, 0.2) is 18.3 Å². The lowest BCUT2D eigenvalue weighted by Gasteiger charge is -2.36. The second-order valence-electron chi connectivity index (χ2n) is 5.29. The third-order valence-corrected chi connectivity index (χ3v) is 3.37. The Morgan fingerprint density at radius 1 is 1.28 bits per heavy atom. The first-order valence-corrected chi connectivity index (χ1v) is 7.04. The normalized spacial score (nSPS) is 24.3. The zero-order valence-corrected chi connectivity index (χ0v) is 11.7. The molecular formula is C15H24N2O. The summed E-state index contributed by atoms with van der Waals surface area (Å²) in [7, 11) is 0. The summed E-state index contributed by atoms with van der Waals surface area (Å²) in [5, 5.41) is 0. The molecule has 0 amide bonds. The molecule has 0 saturated carbocycles. The Morgan fingerprint density at radius 3 is 2.56 bits per heavy atom. The van der Waals surface area contributed by atoms with E-state index in [0.717, 1.165) is 25.3 Å². The highest BCUT2D eigenvalue weighted by molar-refractivity contribution is 5.40. The van der Waals surface area contributed by atoms with Crippen molar-refractivity contribution in [2.45, 2.75) is 52.2 Å². The van der Waals surface area contributed by atoms with Crippen molar-refractivity contribution in [2.75, 3.05) is 18.0 Å². The number of nitrogens with zero attached hydrogens (tertiary/aromatic N) is 2. The van der Waals surface area contributed by atoms with Gasteiger partial charge in [0.05, 0.1) is 12.2 Å². The van der Waals surface area contributed by atoms with Crippen LogP contribution in [0.5, 0.6) is 0 Å². The second-order valence-corrected chi connectivity index (χ2v) is 5.29. The molecule has 0 bridgehead atoms. The molecule has 2 rings (SSSR count). The van der Waals surface area contributed by atoms with Crippen LogP contribution in [0.4, 0.5) is 5.82 Å². The zero-order valence-electron chi connectivity index (χ0n) is 11.7. The number of unbranched alkanes of at least 4 members (excludes halogenated alkanes) is 1. The minimum absolute atomic E-state index is 0.287. The fraction of sp³-hybridized carbons (Fsp3) is 0.667. The Morgan fingerprint density at radius 2 is 2.00 bits per heavy atom. The Hall–Kier alpha value is -1.09. The number of rotatable bonds is 4. The van der Waals surface area contributed by atoms with Gasteiger partial charge in [0.25, 0.3) is 0 Å². The summed E-state index contributed by atoms with van der Waals surface area (Å²) in [4.78, 5) is 6.92. The van der Waals surface area contributed by atoms with Gasteiger partial charge in [-0.15, -0.1) is 0 Å². The summed E-state index contributed by atoms with van der Waals surface area (Å²) in [5.74, 6) is 1.08. The number of morpholine rings is 1. The third kappa shape index (κ3) is 3.45. The number of pyridine rings is 1. The lowest BCUT2D eigenvalue weighted by molar-refractivity contribution is -0.00545. The predicted molar refractivity (Wildman–Crippen MR) is 75.1 cm³/mol. The van der Waals surface area contributed by atoms with E-state index in [0.29, 0.717) is 0 Å². The van der Waals surface area contributed by atoms with Gasteiger partial charge in [0, 0.05) is 19.3 Å². The number of aromatic nitrogens is 1. The van der Waals surface area contributed by atoms with Crippen molar-refractivity contribution in [3.8, 4) is 0 Å². The molecule has 0 spiro atoms. The third-order valence-electron chi connectivity index (χ3n) is 3.37. The van der Waals surface area contributed by atoms with E-state index in [1.54, 1.807) is 0 Å². The Bertz CT molecular complexity index is 353. The molecule has 2 unspecified atom stereocenters. The minimum atomic E-state index is 0.287. The second kappa shape index (κ2) is 6.19. The molecule has 1 fully saturated rings. The lowest BCUT2D eigenvalue weighted by Crippen LogP contribution is -2.45. The molecule has 1 aliphatic heterocycles. The van der Waals surface area contributed by atoms with E-state index in [-0.39, 0.29) is 12.2 Å². The van der Waals surface area contributed by atoms with E-state index < -0.39 is 0 Å². The summed E-state index contributed by atoms with van der Waals surface area (Å²) in [6.45, 7) is 8.34. The van der Waals surface area contributed by atoms with Crippen LogP contribution in [-0.2, 0) is 11.2 Å². The predicted octanol–water partition coefficient (Wildman–Crippen LogP) is 3.04. The van der Waals surface area contributed by atoms with Gasteiger partial charge in [0.2, 0.25) is 0 Å². The Kier molecular flexibility index (Phi) is 4.59. The Balaban J connectivity index is 2.00. The molecule has 1 aromatic heterocycles. The first-order chi connectivity index (χ1) is 8.69. The van der Waals surface area contributed by atoms with Crippen LogP contribution in [0.1, 0.15) is 39.2 Å². The van der Waals surface area contributed by atoms with Crippen molar-refractivity contribution < 1.29 is 4.74 Å². The summed E-state index contributed by atoms with van der Waals surface area (Å²) in [6, 6.07) is 4.36. The zero-order chi connectivity index (χ0) is 13.0. The van der Waals surface area contributed by atoms with Gasteiger partial charge in [-0.05, 0) is 38.3 Å². The van der Waals surface area contributed by atoms with Gasteiger partial charge in [-0.25, -0.2) is 4.98 Å². The maximum atomic E-state index is 5.75. The van der Waals surface area contributed by atoms with Crippen molar-refractivity contribution in [1.82, 2.24) is 4.98 Å². The molecular weight excluding hydrogens is 224 g/mol. The van der Waals surface area contributed by atoms with E-state index >= 15 is 0 Å². The van der Waals surface area contributed by atoms with E-state index in [2.05, 4.69) is 42.8 Å². The largest absolute Gasteiger partial charge is 0.372 e. The lowest BCUT2D eigenvalue weighted by atomic mass is 10.1. The fourth-order valence-electron chi connectivity index (χ4n) is 2.50. The Labute approximate surface area is 110 Å². The highest BCUT2D eigenvalue weighted by Crippen LogP contribution is 2.18. The number of hydrogen-bond donors (Lipinski definition) is 0. The highest BCUT2D eigenvalue weighted by atomic mass is 16.5. The molecule has 1 aliphatic rings. The molecule has 0 radical (unpaired) electrons. The molecule has 2 atom stereocenters. The van der Waals surface area contributed by atoms with Crippen molar-refractivity contribution in [3.63, 3.8) is 0 Å². The molecule has 18 heavy (non-hydrogen) atoms. The SMILES string of the molecule is CCCCc1ccc(N2CC(C)OC(C)C2)nc1. The average molecular weight is 248 g/mol. The quantitative estimate of drug-likeness (QED) is 0.819. The van der Waals surface area contributed by atoms with Crippen molar-refractivity contribution in [3.05, 3.63) is 23.9 Å². The molecule has 0 aromatic carbocycles. The van der Waals surface area contributed by atoms with Crippen LogP contribution in [-0.4, -0.2) is 30.3 Å². The monoisotopic (exact) mass is 248 g/mol. The maximum absolute atomic E-state index is 5.75. The van der Waals surface area contributed by atoms with Crippen LogP contribution in [0.25, 0.3) is 0 Å². The van der Waals surface area contributed by atoms with E-state index in [1.807, 2.05) is 6.20 Å². The summed E-state index contributed by atoms with van der Waals surface area (Å²) < 4.78 is 5.75. The van der Waals surface area contributed by atoms with Gasteiger partial charge >= 0.3 is 0 Å². The number of hydrogen-bond acceptors (Lipinski definition) is 3. The van der Waals surface area contributed by atoms with Gasteiger partial charge < -0.3 is 9.64 Å². The van der Waals surface area contributed by atoms with Crippen LogP contribution in [0.3, 0.4) is 0 Å².